The monoisotopic (exact) mass is 270 g/mol. The predicted octanol–water partition coefficient (Wildman–Crippen LogP) is 5.62. The van der Waals surface area contributed by atoms with Crippen molar-refractivity contribution < 1.29 is 0 Å². The summed E-state index contributed by atoms with van der Waals surface area (Å²) in [5.74, 6) is 0. The molecule has 0 nitrogen and oxygen atoms in total. The first kappa shape index (κ1) is 11.8. The SMILES string of the molecule is Cc1cc(Cl)ccc1-c1c(Cl)cccc1Cl. The van der Waals surface area contributed by atoms with Crippen molar-refractivity contribution in [3.8, 4) is 11.1 Å². The van der Waals surface area contributed by atoms with Gasteiger partial charge in [0.25, 0.3) is 0 Å². The minimum atomic E-state index is 0.651. The summed E-state index contributed by atoms with van der Waals surface area (Å²) in [6.45, 7) is 1.99. The van der Waals surface area contributed by atoms with Gasteiger partial charge in [-0.3, -0.25) is 0 Å². The van der Waals surface area contributed by atoms with Gasteiger partial charge in [-0.1, -0.05) is 46.9 Å². The number of benzene rings is 2. The Morgan fingerprint density at radius 2 is 1.50 bits per heavy atom. The molecule has 2 aromatic rings. The molecule has 0 heterocycles. The molecule has 16 heavy (non-hydrogen) atoms. The predicted molar refractivity (Wildman–Crippen MR) is 71.6 cm³/mol. The Labute approximate surface area is 110 Å². The largest absolute Gasteiger partial charge is 0.0843 e. The lowest BCUT2D eigenvalue weighted by Crippen LogP contribution is -1.85. The van der Waals surface area contributed by atoms with E-state index in [4.69, 9.17) is 34.8 Å². The van der Waals surface area contributed by atoms with E-state index in [1.165, 1.54) is 0 Å². The van der Waals surface area contributed by atoms with Gasteiger partial charge in [-0.05, 0) is 42.3 Å². The van der Waals surface area contributed by atoms with E-state index < -0.39 is 0 Å². The normalized spacial score (nSPS) is 10.5. The van der Waals surface area contributed by atoms with Crippen LogP contribution in [-0.4, -0.2) is 0 Å². The van der Waals surface area contributed by atoms with E-state index in [1.807, 2.05) is 43.3 Å². The molecule has 0 saturated heterocycles. The van der Waals surface area contributed by atoms with Crippen molar-refractivity contribution in [1.29, 1.82) is 0 Å². The van der Waals surface area contributed by atoms with Gasteiger partial charge < -0.3 is 0 Å². The van der Waals surface area contributed by atoms with Gasteiger partial charge >= 0.3 is 0 Å². The van der Waals surface area contributed by atoms with Crippen LogP contribution in [0.15, 0.2) is 36.4 Å². The summed E-state index contributed by atoms with van der Waals surface area (Å²) in [7, 11) is 0. The Kier molecular flexibility index (Phi) is 3.44. The number of hydrogen-bond donors (Lipinski definition) is 0. The summed E-state index contributed by atoms with van der Waals surface area (Å²) in [6, 6.07) is 11.2. The van der Waals surface area contributed by atoms with Crippen molar-refractivity contribution in [3.05, 3.63) is 57.0 Å². The van der Waals surface area contributed by atoms with Crippen LogP contribution >= 0.6 is 34.8 Å². The zero-order valence-corrected chi connectivity index (χ0v) is 10.9. The maximum atomic E-state index is 6.16. The third-order valence-corrected chi connectivity index (χ3v) is 3.29. The Hall–Kier alpha value is -0.690. The van der Waals surface area contributed by atoms with E-state index in [2.05, 4.69) is 0 Å². The van der Waals surface area contributed by atoms with Crippen molar-refractivity contribution in [2.24, 2.45) is 0 Å². The maximum Gasteiger partial charge on any atom is 0.0499 e. The van der Waals surface area contributed by atoms with Crippen molar-refractivity contribution in [3.63, 3.8) is 0 Å². The molecule has 0 unspecified atom stereocenters. The number of aryl methyl sites for hydroxylation is 1. The fraction of sp³-hybridized carbons (Fsp3) is 0.0769. The van der Waals surface area contributed by atoms with E-state index in [-0.39, 0.29) is 0 Å². The van der Waals surface area contributed by atoms with Crippen LogP contribution in [0.1, 0.15) is 5.56 Å². The molecular formula is C13H9Cl3. The first-order valence-electron chi connectivity index (χ1n) is 4.80. The molecule has 0 aliphatic rings. The van der Waals surface area contributed by atoms with Crippen molar-refractivity contribution in [1.82, 2.24) is 0 Å². The van der Waals surface area contributed by atoms with E-state index >= 15 is 0 Å². The first-order chi connectivity index (χ1) is 7.59. The van der Waals surface area contributed by atoms with Crippen molar-refractivity contribution >= 4 is 34.8 Å². The molecule has 0 N–H and O–H groups in total. The summed E-state index contributed by atoms with van der Waals surface area (Å²) >= 11 is 18.2. The zero-order valence-electron chi connectivity index (χ0n) is 8.60. The molecule has 3 heteroatoms. The first-order valence-corrected chi connectivity index (χ1v) is 5.93. The average molecular weight is 272 g/mol. The van der Waals surface area contributed by atoms with Crippen LogP contribution in [-0.2, 0) is 0 Å². The highest BCUT2D eigenvalue weighted by Gasteiger charge is 2.10. The van der Waals surface area contributed by atoms with Gasteiger partial charge in [0.15, 0.2) is 0 Å². The fourth-order valence-electron chi connectivity index (χ4n) is 1.66. The quantitative estimate of drug-likeness (QED) is 0.631. The minimum Gasteiger partial charge on any atom is -0.0843 e. The lowest BCUT2D eigenvalue weighted by Gasteiger charge is -2.10. The van der Waals surface area contributed by atoms with Crippen molar-refractivity contribution in [2.45, 2.75) is 6.92 Å². The molecule has 0 radical (unpaired) electrons. The Balaban J connectivity index is 2.68. The molecule has 0 spiro atoms. The second-order valence-electron chi connectivity index (χ2n) is 3.56. The molecule has 0 aliphatic heterocycles. The topological polar surface area (TPSA) is 0 Å². The molecule has 0 amide bonds. The summed E-state index contributed by atoms with van der Waals surface area (Å²) in [4.78, 5) is 0. The smallest absolute Gasteiger partial charge is 0.0499 e. The fourth-order valence-corrected chi connectivity index (χ4v) is 2.49. The summed E-state index contributed by atoms with van der Waals surface area (Å²) < 4.78 is 0. The summed E-state index contributed by atoms with van der Waals surface area (Å²) in [6.07, 6.45) is 0. The van der Waals surface area contributed by atoms with E-state index in [9.17, 15) is 0 Å². The lowest BCUT2D eigenvalue weighted by atomic mass is 10.0. The molecular weight excluding hydrogens is 263 g/mol. The van der Waals surface area contributed by atoms with E-state index in [1.54, 1.807) is 0 Å². The van der Waals surface area contributed by atoms with E-state index in [0.717, 1.165) is 16.7 Å². The van der Waals surface area contributed by atoms with Gasteiger partial charge in [0.2, 0.25) is 0 Å². The molecule has 2 rings (SSSR count). The molecule has 0 saturated carbocycles. The van der Waals surface area contributed by atoms with Crippen LogP contribution in [0, 0.1) is 6.92 Å². The third kappa shape index (κ3) is 2.20. The Morgan fingerprint density at radius 3 is 2.06 bits per heavy atom. The van der Waals surface area contributed by atoms with Crippen LogP contribution < -0.4 is 0 Å². The van der Waals surface area contributed by atoms with Crippen LogP contribution in [0.2, 0.25) is 15.1 Å². The number of halogens is 3. The molecule has 82 valence electrons. The minimum absolute atomic E-state index is 0.651. The average Bonchev–Trinajstić information content (AvgIpc) is 2.20. The Morgan fingerprint density at radius 1 is 0.875 bits per heavy atom. The molecule has 0 atom stereocenters. The summed E-state index contributed by atoms with van der Waals surface area (Å²) in [5, 5.41) is 2.01. The standard InChI is InChI=1S/C13H9Cl3/c1-8-7-9(14)5-6-10(8)13-11(15)3-2-4-12(13)16/h2-7H,1H3. The van der Waals surface area contributed by atoms with Gasteiger partial charge in [0.05, 0.1) is 0 Å². The van der Waals surface area contributed by atoms with Crippen LogP contribution in [0.4, 0.5) is 0 Å². The molecule has 2 aromatic carbocycles. The third-order valence-electron chi connectivity index (χ3n) is 2.42. The molecule has 0 fully saturated rings. The molecule has 0 aromatic heterocycles. The van der Waals surface area contributed by atoms with Crippen LogP contribution in [0.3, 0.4) is 0 Å². The van der Waals surface area contributed by atoms with Gasteiger partial charge in [-0.15, -0.1) is 0 Å². The van der Waals surface area contributed by atoms with Crippen molar-refractivity contribution in [2.75, 3.05) is 0 Å². The van der Waals surface area contributed by atoms with Gasteiger partial charge in [0, 0.05) is 20.6 Å². The number of rotatable bonds is 1. The molecule has 0 aliphatic carbocycles. The summed E-state index contributed by atoms with van der Waals surface area (Å²) in [5.41, 5.74) is 2.93. The molecule has 0 bridgehead atoms. The second kappa shape index (κ2) is 4.67. The number of hydrogen-bond acceptors (Lipinski definition) is 0. The second-order valence-corrected chi connectivity index (χ2v) is 4.81. The van der Waals surface area contributed by atoms with Gasteiger partial charge in [-0.2, -0.15) is 0 Å². The highest BCUT2D eigenvalue weighted by Crippen LogP contribution is 2.36. The Bertz CT molecular complexity index is 512. The zero-order chi connectivity index (χ0) is 11.7. The highest BCUT2D eigenvalue weighted by atomic mass is 35.5. The van der Waals surface area contributed by atoms with Crippen LogP contribution in [0.5, 0.6) is 0 Å². The lowest BCUT2D eigenvalue weighted by molar-refractivity contribution is 1.46. The highest BCUT2D eigenvalue weighted by molar-refractivity contribution is 6.39. The van der Waals surface area contributed by atoms with Gasteiger partial charge in [-0.25, -0.2) is 0 Å². The van der Waals surface area contributed by atoms with E-state index in [0.29, 0.717) is 15.1 Å². The van der Waals surface area contributed by atoms with Crippen LogP contribution in [0.25, 0.3) is 11.1 Å². The maximum absolute atomic E-state index is 6.16. The van der Waals surface area contributed by atoms with Gasteiger partial charge in [0.1, 0.15) is 0 Å².